The molecule has 0 saturated heterocycles. The SMILES string of the molecule is CC(c1cccc(CCC=O)c1F)c1cnc2n1CCc1ccc(Oc3c(F)cc4[nH]ccc4c3F)cc1-2.CCOC. The lowest BCUT2D eigenvalue weighted by Crippen LogP contribution is -2.16. The number of aryl methyl sites for hydroxylation is 2. The van der Waals surface area contributed by atoms with Crippen LogP contribution in [0.3, 0.4) is 0 Å². The first-order valence-corrected chi connectivity index (χ1v) is 13.9. The predicted octanol–water partition coefficient (Wildman–Crippen LogP) is 7.73. The van der Waals surface area contributed by atoms with Gasteiger partial charge in [-0.2, -0.15) is 0 Å². The van der Waals surface area contributed by atoms with Crippen molar-refractivity contribution in [1.29, 1.82) is 0 Å². The summed E-state index contributed by atoms with van der Waals surface area (Å²) >= 11 is 0. The first kappa shape index (κ1) is 29.1. The Labute approximate surface area is 242 Å². The second kappa shape index (κ2) is 12.7. The zero-order valence-electron chi connectivity index (χ0n) is 23.7. The summed E-state index contributed by atoms with van der Waals surface area (Å²) < 4.78 is 57.2. The van der Waals surface area contributed by atoms with Crippen LogP contribution in [0.4, 0.5) is 13.2 Å². The average molecular weight is 576 g/mol. The zero-order valence-corrected chi connectivity index (χ0v) is 23.7. The van der Waals surface area contributed by atoms with Crippen LogP contribution in [0.15, 0.2) is 60.9 Å². The molecular weight excluding hydrogens is 543 g/mol. The van der Waals surface area contributed by atoms with Crippen LogP contribution in [0.25, 0.3) is 22.3 Å². The molecule has 0 radical (unpaired) electrons. The molecule has 1 atom stereocenters. The molecule has 0 fully saturated rings. The van der Waals surface area contributed by atoms with Crippen LogP contribution in [0, 0.1) is 17.5 Å². The van der Waals surface area contributed by atoms with E-state index in [0.29, 0.717) is 35.4 Å². The molecule has 0 spiro atoms. The van der Waals surface area contributed by atoms with Gasteiger partial charge in [0.05, 0.1) is 5.52 Å². The van der Waals surface area contributed by atoms with Crippen molar-refractivity contribution in [3.05, 3.63) is 101 Å². The number of H-pyrrole nitrogens is 1. The summed E-state index contributed by atoms with van der Waals surface area (Å²) in [4.78, 5) is 18.2. The van der Waals surface area contributed by atoms with E-state index in [9.17, 15) is 13.6 Å². The number of aldehydes is 1. The maximum absolute atomic E-state index is 15.3. The van der Waals surface area contributed by atoms with Crippen molar-refractivity contribution in [1.82, 2.24) is 14.5 Å². The van der Waals surface area contributed by atoms with Crippen molar-refractivity contribution in [3.63, 3.8) is 0 Å². The van der Waals surface area contributed by atoms with Crippen LogP contribution in [-0.2, 0) is 28.9 Å². The standard InChI is InChI=1S/C30H24F3N3O2.C3H8O/c1-17(21-6-2-4-19(27(21)32)5-3-13-37)26-16-35-30-23-14-20(8-7-18(23)10-12-36(26)30)38-29-24(31)15-25-22(28(29)33)9-11-34-25;1-3-4-2/h2,4,6-9,11,13-17,34H,3,5,10,12H2,1H3;3H2,1-2H3. The molecule has 3 aromatic carbocycles. The molecule has 5 aromatic rings. The summed E-state index contributed by atoms with van der Waals surface area (Å²) in [5, 5.41) is 0.246. The normalized spacial score (nSPS) is 12.7. The molecule has 1 unspecified atom stereocenters. The topological polar surface area (TPSA) is 69.1 Å². The lowest BCUT2D eigenvalue weighted by Gasteiger charge is -2.23. The number of nitrogens with zero attached hydrogens (tertiary/aromatic N) is 2. The van der Waals surface area contributed by atoms with Gasteiger partial charge >= 0.3 is 0 Å². The molecule has 0 saturated carbocycles. The molecule has 1 aliphatic heterocycles. The number of hydrogen-bond acceptors (Lipinski definition) is 4. The summed E-state index contributed by atoms with van der Waals surface area (Å²) in [7, 11) is 1.68. The third-order valence-corrected chi connectivity index (χ3v) is 7.58. The second-order valence-corrected chi connectivity index (χ2v) is 10.1. The van der Waals surface area contributed by atoms with E-state index in [1.165, 1.54) is 12.1 Å². The summed E-state index contributed by atoms with van der Waals surface area (Å²) in [5.41, 5.74) is 4.12. The van der Waals surface area contributed by atoms with Gasteiger partial charge in [0.1, 0.15) is 23.7 Å². The molecule has 0 amide bonds. The molecular formula is C33H32F3N3O3. The summed E-state index contributed by atoms with van der Waals surface area (Å²) in [5.74, 6) is -1.62. The van der Waals surface area contributed by atoms with Crippen LogP contribution in [0.1, 0.15) is 48.6 Å². The van der Waals surface area contributed by atoms with Gasteiger partial charge in [0, 0.05) is 67.7 Å². The van der Waals surface area contributed by atoms with E-state index < -0.39 is 17.4 Å². The lowest BCUT2D eigenvalue weighted by molar-refractivity contribution is -0.107. The van der Waals surface area contributed by atoms with E-state index >= 15 is 4.39 Å². The molecule has 218 valence electrons. The monoisotopic (exact) mass is 575 g/mol. The van der Waals surface area contributed by atoms with Crippen molar-refractivity contribution in [2.24, 2.45) is 0 Å². The Morgan fingerprint density at radius 2 is 1.93 bits per heavy atom. The van der Waals surface area contributed by atoms with E-state index in [-0.39, 0.29) is 29.3 Å². The highest BCUT2D eigenvalue weighted by molar-refractivity contribution is 5.82. The largest absolute Gasteiger partial charge is 0.451 e. The molecule has 6 rings (SSSR count). The summed E-state index contributed by atoms with van der Waals surface area (Å²) in [6, 6.07) is 13.3. The van der Waals surface area contributed by atoms with E-state index in [4.69, 9.17) is 4.74 Å². The Morgan fingerprint density at radius 1 is 1.12 bits per heavy atom. The number of imidazole rings is 1. The number of carbonyl (C=O) groups excluding carboxylic acids is 1. The zero-order chi connectivity index (χ0) is 29.8. The first-order valence-electron chi connectivity index (χ1n) is 13.9. The maximum Gasteiger partial charge on any atom is 0.199 e. The third-order valence-electron chi connectivity index (χ3n) is 7.58. The van der Waals surface area contributed by atoms with Gasteiger partial charge in [0.15, 0.2) is 17.4 Å². The molecule has 1 aliphatic rings. The molecule has 42 heavy (non-hydrogen) atoms. The number of benzene rings is 3. The van der Waals surface area contributed by atoms with Crippen molar-refractivity contribution in [3.8, 4) is 22.9 Å². The molecule has 3 heterocycles. The fourth-order valence-corrected chi connectivity index (χ4v) is 5.29. The number of fused-ring (bicyclic) bond motifs is 4. The van der Waals surface area contributed by atoms with E-state index in [0.717, 1.165) is 36.1 Å². The smallest absolute Gasteiger partial charge is 0.199 e. The quantitative estimate of drug-likeness (QED) is 0.192. The van der Waals surface area contributed by atoms with Crippen molar-refractivity contribution in [2.75, 3.05) is 13.7 Å². The highest BCUT2D eigenvalue weighted by Crippen LogP contribution is 2.39. The number of halogens is 3. The van der Waals surface area contributed by atoms with E-state index in [1.807, 2.05) is 26.0 Å². The minimum atomic E-state index is -0.801. The summed E-state index contributed by atoms with van der Waals surface area (Å²) in [6.07, 6.45) is 5.43. The van der Waals surface area contributed by atoms with Gasteiger partial charge in [-0.05, 0) is 54.7 Å². The molecule has 6 nitrogen and oxygen atoms in total. The van der Waals surface area contributed by atoms with Gasteiger partial charge in [0.2, 0.25) is 0 Å². The first-order chi connectivity index (χ1) is 20.4. The average Bonchev–Trinajstić information content (AvgIpc) is 3.66. The van der Waals surface area contributed by atoms with Crippen LogP contribution in [0.5, 0.6) is 11.5 Å². The Hall–Kier alpha value is -4.37. The van der Waals surface area contributed by atoms with Crippen LogP contribution >= 0.6 is 0 Å². The number of ether oxygens (including phenoxy) is 2. The van der Waals surface area contributed by atoms with Crippen LogP contribution in [0.2, 0.25) is 0 Å². The molecule has 0 bridgehead atoms. The molecule has 1 N–H and O–H groups in total. The molecule has 2 aromatic heterocycles. The van der Waals surface area contributed by atoms with E-state index in [2.05, 4.69) is 19.3 Å². The fourth-order valence-electron chi connectivity index (χ4n) is 5.29. The van der Waals surface area contributed by atoms with Crippen molar-refractivity contribution < 1.29 is 27.4 Å². The maximum atomic E-state index is 15.3. The Bertz CT molecular complexity index is 1720. The number of nitrogens with one attached hydrogen (secondary N) is 1. The number of methoxy groups -OCH3 is 1. The highest BCUT2D eigenvalue weighted by atomic mass is 19.1. The molecule has 9 heteroatoms. The number of aromatic amines is 1. The summed E-state index contributed by atoms with van der Waals surface area (Å²) in [6.45, 7) is 5.38. The highest BCUT2D eigenvalue weighted by Gasteiger charge is 2.26. The fraction of sp³-hybridized carbons (Fsp3) is 0.273. The Morgan fingerprint density at radius 3 is 2.69 bits per heavy atom. The number of carbonyl (C=O) groups is 1. The van der Waals surface area contributed by atoms with Gasteiger partial charge in [-0.25, -0.2) is 18.2 Å². The van der Waals surface area contributed by atoms with Crippen LogP contribution < -0.4 is 4.74 Å². The number of hydrogen-bond donors (Lipinski definition) is 1. The van der Waals surface area contributed by atoms with Crippen molar-refractivity contribution in [2.45, 2.75) is 45.6 Å². The minimum absolute atomic E-state index is 0.246. The van der Waals surface area contributed by atoms with Crippen LogP contribution in [-0.4, -0.2) is 34.5 Å². The number of rotatable bonds is 8. The predicted molar refractivity (Wildman–Crippen MR) is 156 cm³/mol. The Balaban J connectivity index is 0.000000830. The third kappa shape index (κ3) is 5.56. The van der Waals surface area contributed by atoms with Gasteiger partial charge in [-0.3, -0.25) is 0 Å². The van der Waals surface area contributed by atoms with Gasteiger partial charge < -0.3 is 23.8 Å². The molecule has 0 aliphatic carbocycles. The van der Waals surface area contributed by atoms with Gasteiger partial charge in [-0.1, -0.05) is 31.2 Å². The van der Waals surface area contributed by atoms with E-state index in [1.54, 1.807) is 43.8 Å². The van der Waals surface area contributed by atoms with Gasteiger partial charge in [0.25, 0.3) is 0 Å². The lowest BCUT2D eigenvalue weighted by atomic mass is 9.93. The van der Waals surface area contributed by atoms with Gasteiger partial charge in [-0.15, -0.1) is 0 Å². The minimum Gasteiger partial charge on any atom is -0.451 e. The Kier molecular flexibility index (Phi) is 8.77. The number of aromatic nitrogens is 3. The van der Waals surface area contributed by atoms with Crippen molar-refractivity contribution >= 4 is 17.2 Å². The second-order valence-electron chi connectivity index (χ2n) is 10.1.